The number of nitrogens with one attached hydrogen (secondary N) is 3. The third kappa shape index (κ3) is 4.71. The average molecular weight is 392 g/mol. The number of sulfonamides is 1. The molecule has 0 saturated carbocycles. The van der Waals surface area contributed by atoms with E-state index in [0.717, 1.165) is 6.07 Å². The Morgan fingerprint density at radius 2 is 1.83 bits per heavy atom. The number of rotatable bonds is 5. The van der Waals surface area contributed by atoms with Gasteiger partial charge >= 0.3 is 11.8 Å². The SMILES string of the molecule is O=C(NCc1ccco1)C(=O)NNS(=O)(=O)c1ccc(Cl)c(Cl)c1. The Kier molecular flexibility index (Phi) is 5.84. The Labute approximate surface area is 147 Å². The number of halogens is 2. The van der Waals surface area contributed by atoms with Crippen molar-refractivity contribution in [3.8, 4) is 0 Å². The van der Waals surface area contributed by atoms with Crippen molar-refractivity contribution in [3.05, 3.63) is 52.4 Å². The predicted molar refractivity (Wildman–Crippen MR) is 85.5 cm³/mol. The summed E-state index contributed by atoms with van der Waals surface area (Å²) in [5, 5.41) is 2.47. The van der Waals surface area contributed by atoms with E-state index >= 15 is 0 Å². The Balaban J connectivity index is 1.91. The molecule has 1 aromatic heterocycles. The summed E-state index contributed by atoms with van der Waals surface area (Å²) in [5.41, 5.74) is 1.79. The highest BCUT2D eigenvalue weighted by Crippen LogP contribution is 2.24. The van der Waals surface area contributed by atoms with Crippen LogP contribution in [0.3, 0.4) is 0 Å². The van der Waals surface area contributed by atoms with Crippen LogP contribution in [-0.4, -0.2) is 20.2 Å². The zero-order valence-electron chi connectivity index (χ0n) is 11.9. The van der Waals surface area contributed by atoms with E-state index in [-0.39, 0.29) is 21.5 Å². The minimum atomic E-state index is -4.11. The number of hydrogen-bond acceptors (Lipinski definition) is 5. The molecular formula is C13H11Cl2N3O5S. The number of hydrogen-bond donors (Lipinski definition) is 3. The maximum absolute atomic E-state index is 12.0. The molecular weight excluding hydrogens is 381 g/mol. The van der Waals surface area contributed by atoms with Gasteiger partial charge in [-0.1, -0.05) is 23.2 Å². The van der Waals surface area contributed by atoms with Crippen molar-refractivity contribution in [1.29, 1.82) is 0 Å². The molecule has 0 aliphatic carbocycles. The van der Waals surface area contributed by atoms with Crippen molar-refractivity contribution < 1.29 is 22.4 Å². The van der Waals surface area contributed by atoms with Crippen molar-refractivity contribution in [2.45, 2.75) is 11.4 Å². The summed E-state index contributed by atoms with van der Waals surface area (Å²) in [5.74, 6) is -1.79. The van der Waals surface area contributed by atoms with Gasteiger partial charge in [-0.05, 0) is 30.3 Å². The molecule has 1 aromatic carbocycles. The summed E-state index contributed by atoms with van der Waals surface area (Å²) in [6.07, 6.45) is 1.41. The van der Waals surface area contributed by atoms with Gasteiger partial charge in [0, 0.05) is 0 Å². The van der Waals surface area contributed by atoms with Crippen molar-refractivity contribution in [2.24, 2.45) is 0 Å². The van der Waals surface area contributed by atoms with Gasteiger partial charge in [-0.15, -0.1) is 4.83 Å². The molecule has 2 rings (SSSR count). The third-order valence-corrected chi connectivity index (χ3v) is 4.69. The smallest absolute Gasteiger partial charge is 0.324 e. The van der Waals surface area contributed by atoms with Gasteiger partial charge in [0.1, 0.15) is 5.76 Å². The molecule has 0 atom stereocenters. The minimum Gasteiger partial charge on any atom is -0.467 e. The van der Waals surface area contributed by atoms with Gasteiger partial charge in [0.05, 0.1) is 27.7 Å². The van der Waals surface area contributed by atoms with E-state index in [1.807, 2.05) is 0 Å². The van der Waals surface area contributed by atoms with Crippen LogP contribution in [0.15, 0.2) is 45.9 Å². The van der Waals surface area contributed by atoms with E-state index in [0.29, 0.717) is 5.76 Å². The highest BCUT2D eigenvalue weighted by atomic mass is 35.5. The Hall–Kier alpha value is -2.07. The summed E-state index contributed by atoms with van der Waals surface area (Å²) < 4.78 is 29.0. The van der Waals surface area contributed by atoms with Crippen molar-refractivity contribution in [1.82, 2.24) is 15.6 Å². The van der Waals surface area contributed by atoms with Crippen LogP contribution in [0.4, 0.5) is 0 Å². The fourth-order valence-corrected chi connectivity index (χ4v) is 2.76. The Morgan fingerprint density at radius 3 is 2.46 bits per heavy atom. The van der Waals surface area contributed by atoms with Gasteiger partial charge in [-0.3, -0.25) is 15.0 Å². The summed E-state index contributed by atoms with van der Waals surface area (Å²) in [6, 6.07) is 6.81. The zero-order chi connectivity index (χ0) is 17.7. The van der Waals surface area contributed by atoms with E-state index in [2.05, 4.69) is 5.32 Å². The summed E-state index contributed by atoms with van der Waals surface area (Å²) >= 11 is 11.4. The molecule has 0 aliphatic heterocycles. The quantitative estimate of drug-likeness (QED) is 0.522. The van der Waals surface area contributed by atoms with Crippen molar-refractivity contribution >= 4 is 45.0 Å². The van der Waals surface area contributed by atoms with Crippen molar-refractivity contribution in [3.63, 3.8) is 0 Å². The number of hydrazine groups is 1. The summed E-state index contributed by atoms with van der Waals surface area (Å²) in [4.78, 5) is 24.7. The molecule has 128 valence electrons. The Morgan fingerprint density at radius 1 is 1.08 bits per heavy atom. The second-order valence-corrected chi connectivity index (χ2v) is 6.89. The molecule has 11 heteroatoms. The van der Waals surface area contributed by atoms with Gasteiger partial charge in [-0.25, -0.2) is 8.42 Å². The monoisotopic (exact) mass is 391 g/mol. The number of carbonyl (C=O) groups excluding carboxylic acids is 2. The first-order chi connectivity index (χ1) is 11.3. The zero-order valence-corrected chi connectivity index (χ0v) is 14.2. The number of furan rings is 1. The molecule has 0 aliphatic rings. The lowest BCUT2D eigenvalue weighted by Gasteiger charge is -2.09. The van der Waals surface area contributed by atoms with Crippen LogP contribution in [0.1, 0.15) is 5.76 Å². The molecule has 2 aromatic rings. The van der Waals surface area contributed by atoms with Crippen molar-refractivity contribution in [2.75, 3.05) is 0 Å². The highest BCUT2D eigenvalue weighted by molar-refractivity contribution is 7.89. The number of amides is 2. The van der Waals surface area contributed by atoms with E-state index in [1.165, 1.54) is 18.4 Å². The molecule has 2 amide bonds. The van der Waals surface area contributed by atoms with Crippen LogP contribution >= 0.6 is 23.2 Å². The van der Waals surface area contributed by atoms with Crippen LogP contribution in [0.25, 0.3) is 0 Å². The lowest BCUT2D eigenvalue weighted by Crippen LogP contribution is -2.48. The van der Waals surface area contributed by atoms with Gasteiger partial charge in [-0.2, -0.15) is 0 Å². The van der Waals surface area contributed by atoms with E-state index in [4.69, 9.17) is 27.6 Å². The third-order valence-electron chi connectivity index (χ3n) is 2.71. The Bertz CT molecular complexity index is 852. The summed E-state index contributed by atoms with van der Waals surface area (Å²) in [7, 11) is -4.11. The van der Waals surface area contributed by atoms with E-state index in [1.54, 1.807) is 22.4 Å². The molecule has 1 heterocycles. The average Bonchev–Trinajstić information content (AvgIpc) is 3.06. The highest BCUT2D eigenvalue weighted by Gasteiger charge is 2.19. The second-order valence-electron chi connectivity index (χ2n) is 4.40. The lowest BCUT2D eigenvalue weighted by molar-refractivity contribution is -0.139. The van der Waals surface area contributed by atoms with E-state index < -0.39 is 21.8 Å². The lowest BCUT2D eigenvalue weighted by atomic mass is 10.4. The number of benzene rings is 1. The maximum Gasteiger partial charge on any atom is 0.324 e. The second kappa shape index (κ2) is 7.67. The number of carbonyl (C=O) groups is 2. The molecule has 0 spiro atoms. The van der Waals surface area contributed by atoms with Gasteiger partial charge in [0.15, 0.2) is 0 Å². The fraction of sp³-hybridized carbons (Fsp3) is 0.0769. The van der Waals surface area contributed by atoms with Crippen LogP contribution < -0.4 is 15.6 Å². The molecule has 0 fully saturated rings. The van der Waals surface area contributed by atoms with Crippen LogP contribution in [0.5, 0.6) is 0 Å². The normalized spacial score (nSPS) is 11.1. The standard InChI is InChI=1S/C13H11Cl2N3O5S/c14-10-4-3-9(6-11(10)15)24(21,22)18-17-13(20)12(19)16-7-8-2-1-5-23-8/h1-6,18H,7H2,(H,16,19)(H,17,20). The van der Waals surface area contributed by atoms with Gasteiger partial charge in [0.25, 0.3) is 10.0 Å². The topological polar surface area (TPSA) is 118 Å². The summed E-state index contributed by atoms with van der Waals surface area (Å²) in [6.45, 7) is -0.0151. The molecule has 0 radical (unpaired) electrons. The molecule has 3 N–H and O–H groups in total. The molecule has 8 nitrogen and oxygen atoms in total. The largest absolute Gasteiger partial charge is 0.467 e. The van der Waals surface area contributed by atoms with Gasteiger partial charge < -0.3 is 9.73 Å². The van der Waals surface area contributed by atoms with Crippen LogP contribution in [0, 0.1) is 0 Å². The molecule has 0 bridgehead atoms. The molecule has 0 saturated heterocycles. The fourth-order valence-electron chi connectivity index (χ4n) is 1.53. The first-order valence-corrected chi connectivity index (χ1v) is 8.61. The molecule has 24 heavy (non-hydrogen) atoms. The van der Waals surface area contributed by atoms with E-state index in [9.17, 15) is 18.0 Å². The first kappa shape index (κ1) is 18.3. The maximum atomic E-state index is 12.0. The molecule has 0 unspecified atom stereocenters. The van der Waals surface area contributed by atoms with Crippen LogP contribution in [-0.2, 0) is 26.2 Å². The van der Waals surface area contributed by atoms with Gasteiger partial charge in [0.2, 0.25) is 0 Å². The first-order valence-electron chi connectivity index (χ1n) is 6.37. The predicted octanol–water partition coefficient (Wildman–Crippen LogP) is 1.21. The minimum absolute atomic E-state index is 0.0151. The van der Waals surface area contributed by atoms with Crippen LogP contribution in [0.2, 0.25) is 10.0 Å².